The Hall–Kier alpha value is -3.16. The van der Waals surface area contributed by atoms with E-state index < -0.39 is 6.10 Å². The molecule has 17 nitrogen and oxygen atoms in total. The number of nitrogens with one attached hydrogen (secondary N) is 5. The van der Waals surface area contributed by atoms with Crippen LogP contribution < -0.4 is 65.6 Å². The first-order valence-corrected chi connectivity index (χ1v) is 8.72. The molecule has 0 aromatic carbocycles. The minimum atomic E-state index is -0.445. The number of nitrogens with two attached hydrogens (primary N) is 5. The van der Waals surface area contributed by atoms with Crippen molar-refractivity contribution in [3.05, 3.63) is 0 Å². The molecule has 0 amide bonds. The van der Waals surface area contributed by atoms with Crippen LogP contribution in [0.1, 0.15) is 12.6 Å². The highest BCUT2D eigenvalue weighted by Crippen LogP contribution is 2.16. The zero-order valence-electron chi connectivity index (χ0n) is 14.6. The largest absolute Gasteiger partial charge is 0.458 e. The van der Waals surface area contributed by atoms with E-state index >= 15 is 0 Å². The SMILES string of the molecule is CC(Oc1nc(NN)nc(NN)n1)C([SiH3])[n+]1c(NN)nc(NN)nc1NN. The molecular formula is C9H23N16OSi+. The number of rotatable bonds is 9. The molecule has 0 spiro atoms. The molecule has 0 radical (unpaired) electrons. The summed E-state index contributed by atoms with van der Waals surface area (Å²) in [6.45, 7) is 1.80. The molecule has 15 N–H and O–H groups in total. The Morgan fingerprint density at radius 2 is 1.22 bits per heavy atom. The second kappa shape index (κ2) is 8.97. The van der Waals surface area contributed by atoms with Gasteiger partial charge in [0.15, 0.2) is 0 Å². The first kappa shape index (κ1) is 20.2. The number of nitrogens with zero attached hydrogens (tertiary/aromatic N) is 6. The molecule has 18 heteroatoms. The highest BCUT2D eigenvalue weighted by molar-refractivity contribution is 6.09. The molecule has 2 unspecified atom stereocenters. The summed E-state index contributed by atoms with van der Waals surface area (Å²) in [7, 11) is 0.589. The van der Waals surface area contributed by atoms with E-state index in [2.05, 4.69) is 52.0 Å². The summed E-state index contributed by atoms with van der Waals surface area (Å²) in [5.41, 5.74) is 11.6. The fourth-order valence-electron chi connectivity index (χ4n) is 2.10. The molecule has 0 aliphatic heterocycles. The molecule has 148 valence electrons. The predicted molar refractivity (Wildman–Crippen MR) is 100 cm³/mol. The fourth-order valence-corrected chi connectivity index (χ4v) is 2.73. The maximum Gasteiger partial charge on any atom is 0.341 e. The monoisotopic (exact) mass is 399 g/mol. The van der Waals surface area contributed by atoms with Gasteiger partial charge in [-0.05, 0) is 6.92 Å². The van der Waals surface area contributed by atoms with Crippen LogP contribution >= 0.6 is 0 Å². The van der Waals surface area contributed by atoms with Crippen LogP contribution in [0.25, 0.3) is 0 Å². The van der Waals surface area contributed by atoms with E-state index in [4.69, 9.17) is 34.0 Å². The smallest absolute Gasteiger partial charge is 0.341 e. The lowest BCUT2D eigenvalue weighted by molar-refractivity contribution is -0.686. The van der Waals surface area contributed by atoms with Crippen molar-refractivity contribution in [3.63, 3.8) is 0 Å². The maximum atomic E-state index is 5.80. The van der Waals surface area contributed by atoms with Gasteiger partial charge >= 0.3 is 23.9 Å². The first-order chi connectivity index (χ1) is 13.0. The molecule has 2 rings (SSSR count). The lowest BCUT2D eigenvalue weighted by atomic mass is 10.4. The number of hydrogen-bond donors (Lipinski definition) is 10. The van der Waals surface area contributed by atoms with Crippen molar-refractivity contribution in [2.45, 2.75) is 18.7 Å². The van der Waals surface area contributed by atoms with Crippen LogP contribution in [0.3, 0.4) is 0 Å². The number of aromatic nitrogens is 6. The van der Waals surface area contributed by atoms with Gasteiger partial charge in [-0.15, -0.1) is 0 Å². The lowest BCUT2D eigenvalue weighted by Crippen LogP contribution is -2.53. The van der Waals surface area contributed by atoms with Crippen LogP contribution in [0, 0.1) is 0 Å². The van der Waals surface area contributed by atoms with Crippen molar-refractivity contribution in [3.8, 4) is 6.01 Å². The lowest BCUT2D eigenvalue weighted by Gasteiger charge is -2.23. The van der Waals surface area contributed by atoms with Gasteiger partial charge in [0, 0.05) is 10.2 Å². The van der Waals surface area contributed by atoms with E-state index in [1.165, 1.54) is 0 Å². The average molecular weight is 399 g/mol. The Labute approximate surface area is 156 Å². The van der Waals surface area contributed by atoms with Crippen LogP contribution in [0.5, 0.6) is 6.01 Å². The second-order valence-corrected chi connectivity index (χ2v) is 6.30. The first-order valence-electron chi connectivity index (χ1n) is 7.56. The summed E-state index contributed by atoms with van der Waals surface area (Å²) >= 11 is 0. The van der Waals surface area contributed by atoms with Gasteiger partial charge < -0.3 is 4.74 Å². The molecule has 0 aliphatic carbocycles. The molecule has 2 aromatic rings. The quantitative estimate of drug-likeness (QED) is 0.0815. The predicted octanol–water partition coefficient (Wildman–Crippen LogP) is -5.29. The van der Waals surface area contributed by atoms with Gasteiger partial charge in [0.05, 0.1) is 5.67 Å². The molecule has 0 aliphatic rings. The summed E-state index contributed by atoms with van der Waals surface area (Å²) in [5.74, 6) is 27.9. The summed E-state index contributed by atoms with van der Waals surface area (Å²) in [6.07, 6.45) is -0.445. The van der Waals surface area contributed by atoms with E-state index in [0.717, 1.165) is 0 Å². The van der Waals surface area contributed by atoms with Crippen LogP contribution in [0.15, 0.2) is 0 Å². The summed E-state index contributed by atoms with van der Waals surface area (Å²) < 4.78 is 7.43. The maximum absolute atomic E-state index is 5.80. The average Bonchev–Trinajstić information content (AvgIpc) is 2.71. The Bertz CT molecular complexity index is 726. The van der Waals surface area contributed by atoms with Gasteiger partial charge in [-0.25, -0.2) is 44.6 Å². The minimum Gasteiger partial charge on any atom is -0.458 e. The van der Waals surface area contributed by atoms with Crippen molar-refractivity contribution in [1.82, 2.24) is 24.9 Å². The number of nitrogen functional groups attached to an aromatic ring is 5. The van der Waals surface area contributed by atoms with E-state index in [9.17, 15) is 0 Å². The minimum absolute atomic E-state index is 0.00512. The molecule has 0 fully saturated rings. The van der Waals surface area contributed by atoms with Gasteiger partial charge in [0.25, 0.3) is 0 Å². The van der Waals surface area contributed by atoms with Crippen molar-refractivity contribution >= 4 is 40.0 Å². The molecule has 2 atom stereocenters. The Morgan fingerprint density at radius 3 is 1.63 bits per heavy atom. The highest BCUT2D eigenvalue weighted by atomic mass is 28.1. The highest BCUT2D eigenvalue weighted by Gasteiger charge is 2.28. The zero-order valence-corrected chi connectivity index (χ0v) is 16.6. The van der Waals surface area contributed by atoms with Gasteiger partial charge in [0.2, 0.25) is 11.9 Å². The van der Waals surface area contributed by atoms with Crippen LogP contribution in [0.4, 0.5) is 29.7 Å². The molecule has 2 aromatic heterocycles. The van der Waals surface area contributed by atoms with E-state index in [1.807, 2.05) is 0 Å². The molecular weight excluding hydrogens is 376 g/mol. The normalized spacial score (nSPS) is 12.8. The third-order valence-electron chi connectivity index (χ3n) is 3.52. The van der Waals surface area contributed by atoms with Gasteiger partial charge in [-0.3, -0.25) is 16.3 Å². The Morgan fingerprint density at radius 1 is 0.778 bits per heavy atom. The van der Waals surface area contributed by atoms with Crippen molar-refractivity contribution in [1.29, 1.82) is 0 Å². The van der Waals surface area contributed by atoms with Gasteiger partial charge in [-0.1, -0.05) is 9.97 Å². The van der Waals surface area contributed by atoms with E-state index in [-0.39, 0.29) is 41.4 Å². The summed E-state index contributed by atoms with van der Waals surface area (Å²) in [4.78, 5) is 20.2. The van der Waals surface area contributed by atoms with Crippen LogP contribution in [0.2, 0.25) is 0 Å². The van der Waals surface area contributed by atoms with Crippen molar-refractivity contribution in [2.24, 2.45) is 29.2 Å². The summed E-state index contributed by atoms with van der Waals surface area (Å²) in [6, 6.07) is 0.00512. The molecule has 2 heterocycles. The number of hydrazine groups is 5. The second-order valence-electron chi connectivity index (χ2n) is 5.11. The van der Waals surface area contributed by atoms with Crippen LogP contribution in [-0.2, 0) is 0 Å². The van der Waals surface area contributed by atoms with Crippen molar-refractivity contribution in [2.75, 3.05) is 27.1 Å². The van der Waals surface area contributed by atoms with Crippen molar-refractivity contribution < 1.29 is 9.30 Å². The van der Waals surface area contributed by atoms with E-state index in [1.54, 1.807) is 11.5 Å². The molecule has 0 saturated carbocycles. The zero-order chi connectivity index (χ0) is 20.0. The standard InChI is InChI=1S/C9H22N16OSi/c1-2(26-9-18-4(20-10)15-5(19-9)21-11)3(27)25-7(23-13)16-6(22-12)17-8(25)24-14/h2-3H,10-14H2,1,27H3,(H4,15,16,17,18,19,20,21,22,23,24)/p+1. The topological polar surface area (TPSA) is 268 Å². The Balaban J connectivity index is 2.33. The van der Waals surface area contributed by atoms with Crippen LogP contribution in [-0.4, -0.2) is 41.3 Å². The van der Waals surface area contributed by atoms with E-state index in [0.29, 0.717) is 10.2 Å². The molecule has 27 heavy (non-hydrogen) atoms. The third kappa shape index (κ3) is 4.52. The third-order valence-corrected chi connectivity index (χ3v) is 4.97. The number of hydrogen-bond acceptors (Lipinski definition) is 16. The number of anilines is 5. The van der Waals surface area contributed by atoms with Gasteiger partial charge in [0.1, 0.15) is 6.10 Å². The Kier molecular flexibility index (Phi) is 6.70. The van der Waals surface area contributed by atoms with Gasteiger partial charge in [-0.2, -0.15) is 15.0 Å². The molecule has 0 bridgehead atoms. The molecule has 0 saturated heterocycles. The fraction of sp³-hybridized carbons (Fsp3) is 0.333. The summed E-state index contributed by atoms with van der Waals surface area (Å²) in [5, 5.41) is 0. The number of ether oxygens (including phenoxy) is 1.